The van der Waals surface area contributed by atoms with Crippen molar-refractivity contribution in [2.45, 2.75) is 6.18 Å². The molecule has 35 heavy (non-hydrogen) atoms. The molecule has 2 aliphatic heterocycles. The Balaban J connectivity index is 1.47. The molecule has 0 radical (unpaired) electrons. The number of aromatic nitrogens is 3. The van der Waals surface area contributed by atoms with Gasteiger partial charge in [0.2, 0.25) is 5.95 Å². The third kappa shape index (κ3) is 5.28. The van der Waals surface area contributed by atoms with E-state index in [2.05, 4.69) is 24.7 Å². The molecule has 2 aliphatic rings. The zero-order valence-electron chi connectivity index (χ0n) is 18.9. The van der Waals surface area contributed by atoms with E-state index in [1.165, 1.54) is 6.07 Å². The van der Waals surface area contributed by atoms with Crippen LogP contribution in [0.15, 0.2) is 48.7 Å². The van der Waals surface area contributed by atoms with Crippen LogP contribution in [-0.4, -0.2) is 67.4 Å². The first-order valence-electron chi connectivity index (χ1n) is 11.4. The number of pyridine rings is 1. The highest BCUT2D eigenvalue weighted by molar-refractivity contribution is 6.31. The zero-order valence-corrected chi connectivity index (χ0v) is 19.6. The maximum absolute atomic E-state index is 13.5. The first kappa shape index (κ1) is 23.6. The van der Waals surface area contributed by atoms with Crippen LogP contribution in [0.4, 0.5) is 30.8 Å². The van der Waals surface area contributed by atoms with Gasteiger partial charge in [-0.2, -0.15) is 18.2 Å². The third-order valence-corrected chi connectivity index (χ3v) is 6.47. The van der Waals surface area contributed by atoms with Crippen molar-refractivity contribution in [2.24, 2.45) is 0 Å². The quantitative estimate of drug-likeness (QED) is 0.523. The second-order valence-electron chi connectivity index (χ2n) is 8.37. The van der Waals surface area contributed by atoms with E-state index in [4.69, 9.17) is 21.3 Å². The standard InChI is InChI=1S/C24H24ClF3N6O/c25-19-5-4-17(15-18(19)24(26,27)28)20-16-22(33-11-13-35-14-12-33)31-23(30-20)34-9-7-32(8-10-34)21-3-1-2-6-29-21/h1-6,15-16H,7-14H2. The van der Waals surface area contributed by atoms with Gasteiger partial charge in [-0.15, -0.1) is 0 Å². The fourth-order valence-electron chi connectivity index (χ4n) is 4.24. The van der Waals surface area contributed by atoms with Gasteiger partial charge in [0.15, 0.2) is 0 Å². The second-order valence-corrected chi connectivity index (χ2v) is 8.77. The minimum absolute atomic E-state index is 0.338. The zero-order chi connectivity index (χ0) is 24.4. The Kier molecular flexibility index (Phi) is 6.66. The molecule has 4 heterocycles. The van der Waals surface area contributed by atoms with Crippen LogP contribution in [-0.2, 0) is 10.9 Å². The number of alkyl halides is 3. The summed E-state index contributed by atoms with van der Waals surface area (Å²) in [6.45, 7) is 5.23. The van der Waals surface area contributed by atoms with Crippen LogP contribution in [0.25, 0.3) is 11.3 Å². The lowest BCUT2D eigenvalue weighted by Crippen LogP contribution is -2.47. The topological polar surface area (TPSA) is 57.6 Å². The van der Waals surface area contributed by atoms with Crippen molar-refractivity contribution in [2.75, 3.05) is 67.2 Å². The van der Waals surface area contributed by atoms with E-state index in [0.29, 0.717) is 62.4 Å². The monoisotopic (exact) mass is 504 g/mol. The van der Waals surface area contributed by atoms with Crippen molar-refractivity contribution >= 4 is 29.2 Å². The van der Waals surface area contributed by atoms with E-state index in [-0.39, 0.29) is 5.02 Å². The van der Waals surface area contributed by atoms with Crippen molar-refractivity contribution in [3.05, 3.63) is 59.2 Å². The molecule has 2 fully saturated rings. The first-order chi connectivity index (χ1) is 16.9. The van der Waals surface area contributed by atoms with Crippen molar-refractivity contribution in [1.82, 2.24) is 15.0 Å². The molecular weight excluding hydrogens is 481 g/mol. The molecule has 0 spiro atoms. The summed E-state index contributed by atoms with van der Waals surface area (Å²) in [7, 11) is 0. The number of halogens is 4. The fourth-order valence-corrected chi connectivity index (χ4v) is 4.47. The minimum Gasteiger partial charge on any atom is -0.378 e. The van der Waals surface area contributed by atoms with Gasteiger partial charge < -0.3 is 19.4 Å². The van der Waals surface area contributed by atoms with Gasteiger partial charge in [-0.05, 0) is 24.3 Å². The molecule has 2 saturated heterocycles. The molecule has 1 aromatic carbocycles. The largest absolute Gasteiger partial charge is 0.417 e. The Hall–Kier alpha value is -3.11. The normalized spacial score (nSPS) is 17.1. The van der Waals surface area contributed by atoms with Gasteiger partial charge in [-0.25, -0.2) is 9.97 Å². The van der Waals surface area contributed by atoms with Crippen molar-refractivity contribution in [3.8, 4) is 11.3 Å². The summed E-state index contributed by atoms with van der Waals surface area (Å²) in [5.41, 5.74) is -0.119. The number of anilines is 3. The van der Waals surface area contributed by atoms with Gasteiger partial charge in [0.05, 0.1) is 29.5 Å². The van der Waals surface area contributed by atoms with Crippen LogP contribution < -0.4 is 14.7 Å². The lowest BCUT2D eigenvalue weighted by molar-refractivity contribution is -0.137. The highest BCUT2D eigenvalue weighted by Gasteiger charge is 2.33. The lowest BCUT2D eigenvalue weighted by Gasteiger charge is -2.36. The summed E-state index contributed by atoms with van der Waals surface area (Å²) >= 11 is 5.85. The van der Waals surface area contributed by atoms with E-state index >= 15 is 0 Å². The Morgan fingerprint density at radius 2 is 1.51 bits per heavy atom. The van der Waals surface area contributed by atoms with Crippen LogP contribution in [0.5, 0.6) is 0 Å². The van der Waals surface area contributed by atoms with Crippen molar-refractivity contribution < 1.29 is 17.9 Å². The molecule has 7 nitrogen and oxygen atoms in total. The van der Waals surface area contributed by atoms with Gasteiger partial charge >= 0.3 is 6.18 Å². The number of nitrogens with zero attached hydrogens (tertiary/aromatic N) is 6. The molecule has 0 bridgehead atoms. The highest BCUT2D eigenvalue weighted by atomic mass is 35.5. The van der Waals surface area contributed by atoms with E-state index < -0.39 is 11.7 Å². The van der Waals surface area contributed by atoms with E-state index in [1.807, 2.05) is 18.2 Å². The number of morpholine rings is 1. The summed E-state index contributed by atoms with van der Waals surface area (Å²) < 4.78 is 46.0. The van der Waals surface area contributed by atoms with Crippen molar-refractivity contribution in [3.63, 3.8) is 0 Å². The van der Waals surface area contributed by atoms with Crippen LogP contribution in [0.1, 0.15) is 5.56 Å². The maximum Gasteiger partial charge on any atom is 0.417 e. The molecule has 0 aliphatic carbocycles. The highest BCUT2D eigenvalue weighted by Crippen LogP contribution is 2.37. The SMILES string of the molecule is FC(F)(F)c1cc(-c2cc(N3CCOCC3)nc(N3CCN(c4ccccn4)CC3)n2)ccc1Cl. The van der Waals surface area contributed by atoms with Crippen LogP contribution in [0.2, 0.25) is 5.02 Å². The number of hydrogen-bond acceptors (Lipinski definition) is 7. The molecule has 2 aromatic heterocycles. The Morgan fingerprint density at radius 3 is 2.20 bits per heavy atom. The van der Waals surface area contributed by atoms with E-state index in [1.54, 1.807) is 18.3 Å². The van der Waals surface area contributed by atoms with Gasteiger partial charge in [0, 0.05) is 57.1 Å². The number of hydrogen-bond donors (Lipinski definition) is 0. The summed E-state index contributed by atoms with van der Waals surface area (Å²) in [6, 6.07) is 11.4. The summed E-state index contributed by atoms with van der Waals surface area (Å²) in [4.78, 5) is 20.2. The van der Waals surface area contributed by atoms with Gasteiger partial charge in [0.25, 0.3) is 0 Å². The molecular formula is C24H24ClF3N6O. The van der Waals surface area contributed by atoms with Gasteiger partial charge in [-0.1, -0.05) is 23.7 Å². The van der Waals surface area contributed by atoms with E-state index in [9.17, 15) is 13.2 Å². The predicted molar refractivity (Wildman–Crippen MR) is 129 cm³/mol. The molecule has 0 N–H and O–H groups in total. The summed E-state index contributed by atoms with van der Waals surface area (Å²) in [5.74, 6) is 2.08. The average molecular weight is 505 g/mol. The molecule has 3 aromatic rings. The van der Waals surface area contributed by atoms with Gasteiger partial charge in [-0.3, -0.25) is 0 Å². The Labute approximate surface area is 206 Å². The number of benzene rings is 1. The predicted octanol–water partition coefficient (Wildman–Crippen LogP) is 4.37. The maximum atomic E-state index is 13.5. The van der Waals surface area contributed by atoms with Crippen LogP contribution >= 0.6 is 11.6 Å². The molecule has 11 heteroatoms. The van der Waals surface area contributed by atoms with Crippen LogP contribution in [0, 0.1) is 0 Å². The minimum atomic E-state index is -4.56. The number of piperazine rings is 1. The molecule has 0 amide bonds. The molecule has 5 rings (SSSR count). The van der Waals surface area contributed by atoms with Gasteiger partial charge in [0.1, 0.15) is 11.6 Å². The second kappa shape index (κ2) is 9.87. The van der Waals surface area contributed by atoms with Crippen LogP contribution in [0.3, 0.4) is 0 Å². The lowest BCUT2D eigenvalue weighted by atomic mass is 10.1. The smallest absolute Gasteiger partial charge is 0.378 e. The molecule has 184 valence electrons. The molecule has 0 saturated carbocycles. The third-order valence-electron chi connectivity index (χ3n) is 6.14. The number of rotatable bonds is 4. The van der Waals surface area contributed by atoms with Crippen molar-refractivity contribution in [1.29, 1.82) is 0 Å². The first-order valence-corrected chi connectivity index (χ1v) is 11.8. The average Bonchev–Trinajstić information content (AvgIpc) is 2.89. The summed E-state index contributed by atoms with van der Waals surface area (Å²) in [6.07, 6.45) is -2.79. The van der Waals surface area contributed by atoms with E-state index in [0.717, 1.165) is 25.0 Å². The Bertz CT molecular complexity index is 1170. The Morgan fingerprint density at radius 1 is 0.800 bits per heavy atom. The molecule has 0 unspecified atom stereocenters. The fraction of sp³-hybridized carbons (Fsp3) is 0.375. The summed E-state index contributed by atoms with van der Waals surface area (Å²) in [5, 5.41) is -0.338. The molecule has 0 atom stereocenters. The number of ether oxygens (including phenoxy) is 1.